The van der Waals surface area contributed by atoms with Gasteiger partial charge in [0.2, 0.25) is 0 Å². The maximum Gasteiger partial charge on any atom is 0.156 e. The predicted molar refractivity (Wildman–Crippen MR) is 76.6 cm³/mol. The highest BCUT2D eigenvalue weighted by molar-refractivity contribution is 5.93. The Labute approximate surface area is 114 Å². The average molecular weight is 262 g/mol. The Balaban J connectivity index is 3.24. The maximum absolute atomic E-state index is 11.7. The summed E-state index contributed by atoms with van der Waals surface area (Å²) >= 11 is 0. The Morgan fingerprint density at radius 2 is 2.21 bits per heavy atom. The van der Waals surface area contributed by atoms with Crippen molar-refractivity contribution in [1.82, 2.24) is 0 Å². The second-order valence-corrected chi connectivity index (χ2v) is 5.32. The highest BCUT2D eigenvalue weighted by Crippen LogP contribution is 2.45. The molecule has 1 rings (SSSR count). The van der Waals surface area contributed by atoms with Crippen LogP contribution in [0.3, 0.4) is 0 Å². The number of ketones is 1. The van der Waals surface area contributed by atoms with Crippen molar-refractivity contribution >= 4 is 5.78 Å². The molecule has 0 aliphatic heterocycles. The molecule has 0 aromatic heterocycles. The van der Waals surface area contributed by atoms with E-state index in [2.05, 4.69) is 6.58 Å². The SMILES string of the molecule is C=C[C@@]1(C)CC(=O)C=C(C)[C@]1(O)/C=C/C(C)=C\CO. The Hall–Kier alpha value is -1.45. The molecule has 3 nitrogen and oxygen atoms in total. The van der Waals surface area contributed by atoms with Gasteiger partial charge in [-0.05, 0) is 31.6 Å². The normalized spacial score (nSPS) is 32.6. The number of hydrogen-bond acceptors (Lipinski definition) is 3. The molecule has 19 heavy (non-hydrogen) atoms. The van der Waals surface area contributed by atoms with Gasteiger partial charge in [-0.1, -0.05) is 30.7 Å². The Morgan fingerprint density at radius 3 is 2.74 bits per heavy atom. The van der Waals surface area contributed by atoms with E-state index in [1.54, 1.807) is 31.2 Å². The molecule has 0 radical (unpaired) electrons. The fourth-order valence-corrected chi connectivity index (χ4v) is 2.36. The summed E-state index contributed by atoms with van der Waals surface area (Å²) in [6.07, 6.45) is 8.44. The van der Waals surface area contributed by atoms with E-state index in [0.717, 1.165) is 5.57 Å². The monoisotopic (exact) mass is 262 g/mol. The molecule has 0 spiro atoms. The maximum atomic E-state index is 11.7. The van der Waals surface area contributed by atoms with E-state index >= 15 is 0 Å². The number of carbonyl (C=O) groups excluding carboxylic acids is 1. The van der Waals surface area contributed by atoms with Crippen molar-refractivity contribution in [3.63, 3.8) is 0 Å². The number of aliphatic hydroxyl groups excluding tert-OH is 1. The van der Waals surface area contributed by atoms with E-state index in [1.807, 2.05) is 13.8 Å². The van der Waals surface area contributed by atoms with E-state index in [1.165, 1.54) is 6.08 Å². The molecule has 0 saturated carbocycles. The van der Waals surface area contributed by atoms with Gasteiger partial charge in [-0.15, -0.1) is 6.58 Å². The summed E-state index contributed by atoms with van der Waals surface area (Å²) in [5.74, 6) is 0.000553. The molecule has 1 aliphatic rings. The number of carbonyl (C=O) groups is 1. The van der Waals surface area contributed by atoms with Crippen LogP contribution in [-0.2, 0) is 4.79 Å². The number of allylic oxidation sites excluding steroid dienone is 3. The summed E-state index contributed by atoms with van der Waals surface area (Å²) in [7, 11) is 0. The summed E-state index contributed by atoms with van der Waals surface area (Å²) in [6.45, 7) is 9.12. The van der Waals surface area contributed by atoms with Gasteiger partial charge in [-0.25, -0.2) is 0 Å². The first-order valence-corrected chi connectivity index (χ1v) is 6.33. The van der Waals surface area contributed by atoms with Crippen LogP contribution in [0.15, 0.2) is 48.1 Å². The minimum atomic E-state index is -1.23. The molecule has 0 amide bonds. The van der Waals surface area contributed by atoms with Gasteiger partial charge in [0.1, 0.15) is 5.60 Å². The zero-order chi connectivity index (χ0) is 14.7. The van der Waals surface area contributed by atoms with Gasteiger partial charge < -0.3 is 10.2 Å². The second kappa shape index (κ2) is 5.68. The topological polar surface area (TPSA) is 57.5 Å². The predicted octanol–water partition coefficient (Wildman–Crippen LogP) is 2.32. The lowest BCUT2D eigenvalue weighted by Gasteiger charge is -2.44. The molecule has 0 aromatic carbocycles. The largest absolute Gasteiger partial charge is 0.392 e. The van der Waals surface area contributed by atoms with Gasteiger partial charge in [0.15, 0.2) is 5.78 Å². The molecule has 0 bridgehead atoms. The van der Waals surface area contributed by atoms with Gasteiger partial charge in [0.05, 0.1) is 6.61 Å². The first kappa shape index (κ1) is 15.6. The molecule has 0 fully saturated rings. The van der Waals surface area contributed by atoms with E-state index < -0.39 is 11.0 Å². The summed E-state index contributed by atoms with van der Waals surface area (Å²) in [5, 5.41) is 19.8. The second-order valence-electron chi connectivity index (χ2n) is 5.32. The van der Waals surface area contributed by atoms with Crippen LogP contribution in [0, 0.1) is 5.41 Å². The van der Waals surface area contributed by atoms with Crippen molar-refractivity contribution in [2.75, 3.05) is 6.61 Å². The molecular formula is C16H22O3. The highest BCUT2D eigenvalue weighted by atomic mass is 16.3. The molecule has 1 aliphatic carbocycles. The fourth-order valence-electron chi connectivity index (χ4n) is 2.36. The average Bonchev–Trinajstić information content (AvgIpc) is 2.34. The molecule has 0 heterocycles. The van der Waals surface area contributed by atoms with Crippen molar-refractivity contribution < 1.29 is 15.0 Å². The van der Waals surface area contributed by atoms with Crippen molar-refractivity contribution in [2.24, 2.45) is 5.41 Å². The molecule has 0 aromatic rings. The molecule has 0 unspecified atom stereocenters. The standard InChI is InChI=1S/C16H22O3/c1-5-15(4)11-14(18)10-13(3)16(15,19)8-6-12(2)7-9-17/h5-8,10,17,19H,1,9,11H2,2-4H3/b8-6+,12-7-/t15-,16+/m0/s1. The van der Waals surface area contributed by atoms with E-state index in [4.69, 9.17) is 5.11 Å². The molecule has 2 atom stereocenters. The van der Waals surface area contributed by atoms with Gasteiger partial charge >= 0.3 is 0 Å². The molecule has 0 saturated heterocycles. The lowest BCUT2D eigenvalue weighted by molar-refractivity contribution is -0.120. The summed E-state index contributed by atoms with van der Waals surface area (Å²) in [4.78, 5) is 11.7. The van der Waals surface area contributed by atoms with Crippen LogP contribution >= 0.6 is 0 Å². The highest BCUT2D eigenvalue weighted by Gasteiger charge is 2.48. The van der Waals surface area contributed by atoms with Crippen LogP contribution in [0.4, 0.5) is 0 Å². The molecule has 104 valence electrons. The minimum absolute atomic E-state index is 0.000553. The van der Waals surface area contributed by atoms with Crippen LogP contribution in [0.2, 0.25) is 0 Å². The van der Waals surface area contributed by atoms with Gasteiger partial charge in [0.25, 0.3) is 0 Å². The van der Waals surface area contributed by atoms with Crippen molar-refractivity contribution in [1.29, 1.82) is 0 Å². The van der Waals surface area contributed by atoms with Crippen LogP contribution in [-0.4, -0.2) is 28.2 Å². The number of hydrogen-bond donors (Lipinski definition) is 2. The van der Waals surface area contributed by atoms with Crippen molar-refractivity contribution in [3.8, 4) is 0 Å². The van der Waals surface area contributed by atoms with E-state index in [0.29, 0.717) is 5.57 Å². The number of aliphatic hydroxyl groups is 2. The zero-order valence-corrected chi connectivity index (χ0v) is 11.8. The van der Waals surface area contributed by atoms with E-state index in [-0.39, 0.29) is 18.8 Å². The van der Waals surface area contributed by atoms with Crippen LogP contribution < -0.4 is 0 Å². The van der Waals surface area contributed by atoms with Crippen LogP contribution in [0.5, 0.6) is 0 Å². The Morgan fingerprint density at radius 1 is 1.58 bits per heavy atom. The van der Waals surface area contributed by atoms with Crippen molar-refractivity contribution in [2.45, 2.75) is 32.8 Å². The van der Waals surface area contributed by atoms with E-state index in [9.17, 15) is 9.90 Å². The first-order chi connectivity index (χ1) is 8.79. The van der Waals surface area contributed by atoms with Crippen LogP contribution in [0.25, 0.3) is 0 Å². The summed E-state index contributed by atoms with van der Waals surface area (Å²) < 4.78 is 0. The summed E-state index contributed by atoms with van der Waals surface area (Å²) in [5.41, 5.74) is -0.488. The summed E-state index contributed by atoms with van der Waals surface area (Å²) in [6, 6.07) is 0. The van der Waals surface area contributed by atoms with Gasteiger partial charge in [-0.2, -0.15) is 0 Å². The molecular weight excluding hydrogens is 240 g/mol. The third-order valence-corrected chi connectivity index (χ3v) is 3.84. The van der Waals surface area contributed by atoms with Gasteiger partial charge in [-0.3, -0.25) is 4.79 Å². The Bertz CT molecular complexity index is 470. The van der Waals surface area contributed by atoms with Crippen molar-refractivity contribution in [3.05, 3.63) is 48.1 Å². The molecule has 2 N–H and O–H groups in total. The minimum Gasteiger partial charge on any atom is -0.392 e. The smallest absolute Gasteiger partial charge is 0.156 e. The first-order valence-electron chi connectivity index (χ1n) is 6.33. The quantitative estimate of drug-likeness (QED) is 0.604. The Kier molecular flexibility index (Phi) is 4.66. The van der Waals surface area contributed by atoms with Crippen LogP contribution in [0.1, 0.15) is 27.2 Å². The number of rotatable bonds is 4. The molecule has 3 heteroatoms. The third-order valence-electron chi connectivity index (χ3n) is 3.84. The zero-order valence-electron chi connectivity index (χ0n) is 11.8. The lowest BCUT2D eigenvalue weighted by atomic mass is 9.63. The third kappa shape index (κ3) is 2.94. The van der Waals surface area contributed by atoms with Gasteiger partial charge in [0, 0.05) is 11.8 Å². The fraction of sp³-hybridized carbons (Fsp3) is 0.438. The lowest BCUT2D eigenvalue weighted by Crippen LogP contribution is -2.48.